The van der Waals surface area contributed by atoms with Crippen molar-refractivity contribution in [3.63, 3.8) is 0 Å². The highest BCUT2D eigenvalue weighted by Gasteiger charge is 1.98. The summed E-state index contributed by atoms with van der Waals surface area (Å²) < 4.78 is 0. The molecule has 0 radical (unpaired) electrons. The van der Waals surface area contributed by atoms with Crippen LogP contribution in [0.4, 0.5) is 0 Å². The molecular formula is C11H8ClN3O. The van der Waals surface area contributed by atoms with Crippen molar-refractivity contribution in [2.24, 2.45) is 5.11 Å². The van der Waals surface area contributed by atoms with Gasteiger partial charge in [0.1, 0.15) is 0 Å². The number of hydrogen-bond donors (Lipinski definition) is 0. The molecule has 0 bridgehead atoms. The zero-order chi connectivity index (χ0) is 11.8. The van der Waals surface area contributed by atoms with Gasteiger partial charge in [0.15, 0.2) is 6.29 Å². The summed E-state index contributed by atoms with van der Waals surface area (Å²) in [6.07, 6.45) is 1.17. The van der Waals surface area contributed by atoms with Crippen molar-refractivity contribution >= 4 is 17.9 Å². The predicted octanol–water partition coefficient (Wildman–Crippen LogP) is 3.20. The molecule has 1 aromatic rings. The number of benzene rings is 1. The normalized spacial score (nSPS) is 8.56. The van der Waals surface area contributed by atoms with Gasteiger partial charge in [0, 0.05) is 34.0 Å². The molecule has 0 aromatic heterocycles. The van der Waals surface area contributed by atoms with Crippen LogP contribution in [0.1, 0.15) is 22.3 Å². The van der Waals surface area contributed by atoms with Crippen LogP contribution in [-0.2, 0) is 0 Å². The number of carbonyl (C=O) groups excluding carboxylic acids is 1. The Morgan fingerprint density at radius 1 is 1.56 bits per heavy atom. The highest BCUT2D eigenvalue weighted by Crippen LogP contribution is 2.13. The molecule has 1 aromatic carbocycles. The first kappa shape index (κ1) is 12.1. The van der Waals surface area contributed by atoms with E-state index in [1.54, 1.807) is 18.2 Å². The molecule has 16 heavy (non-hydrogen) atoms. The Balaban J connectivity index is 2.79. The molecule has 0 amide bonds. The Morgan fingerprint density at radius 3 is 3.06 bits per heavy atom. The van der Waals surface area contributed by atoms with E-state index in [2.05, 4.69) is 21.9 Å². The van der Waals surface area contributed by atoms with Crippen molar-refractivity contribution in [1.29, 1.82) is 0 Å². The van der Waals surface area contributed by atoms with Gasteiger partial charge in [-0.1, -0.05) is 28.6 Å². The molecule has 0 aliphatic carbocycles. The van der Waals surface area contributed by atoms with E-state index >= 15 is 0 Å². The molecule has 0 unspecified atom stereocenters. The van der Waals surface area contributed by atoms with E-state index in [1.165, 1.54) is 0 Å². The largest absolute Gasteiger partial charge is 0.298 e. The van der Waals surface area contributed by atoms with Gasteiger partial charge in [-0.05, 0) is 23.7 Å². The lowest BCUT2D eigenvalue weighted by Gasteiger charge is -1.96. The Bertz CT molecular complexity index is 496. The van der Waals surface area contributed by atoms with Crippen LogP contribution in [0.25, 0.3) is 10.4 Å². The highest BCUT2D eigenvalue weighted by molar-refractivity contribution is 6.30. The minimum absolute atomic E-state index is 0.327. The van der Waals surface area contributed by atoms with E-state index in [4.69, 9.17) is 17.1 Å². The van der Waals surface area contributed by atoms with E-state index in [-0.39, 0.29) is 0 Å². The van der Waals surface area contributed by atoms with Crippen molar-refractivity contribution in [2.75, 3.05) is 6.54 Å². The number of carbonyl (C=O) groups is 1. The minimum Gasteiger partial charge on any atom is -0.298 e. The van der Waals surface area contributed by atoms with E-state index in [9.17, 15) is 4.79 Å². The molecule has 0 aliphatic rings. The summed E-state index contributed by atoms with van der Waals surface area (Å²) in [6.45, 7) is 0.327. The molecule has 80 valence electrons. The zero-order valence-electron chi connectivity index (χ0n) is 8.35. The maximum Gasteiger partial charge on any atom is 0.151 e. The molecule has 0 saturated carbocycles. The monoisotopic (exact) mass is 233 g/mol. The van der Waals surface area contributed by atoms with Gasteiger partial charge in [0.05, 0.1) is 0 Å². The summed E-state index contributed by atoms with van der Waals surface area (Å²) in [4.78, 5) is 13.3. The Kier molecular flexibility index (Phi) is 4.94. The standard InChI is InChI=1S/C11H8ClN3O/c12-11-5-4-9(10(7-11)8-16)3-1-2-6-14-15-13/h4-5,7-8H,2,6H2. The molecule has 4 nitrogen and oxygen atoms in total. The molecule has 0 N–H and O–H groups in total. The first-order chi connectivity index (χ1) is 7.77. The lowest BCUT2D eigenvalue weighted by molar-refractivity contribution is 0.112. The summed E-state index contributed by atoms with van der Waals surface area (Å²) in [5.74, 6) is 5.64. The molecule has 0 atom stereocenters. The second-order valence-corrected chi connectivity index (χ2v) is 3.29. The van der Waals surface area contributed by atoms with Crippen LogP contribution in [0.2, 0.25) is 5.02 Å². The first-order valence-corrected chi connectivity index (χ1v) is 4.90. The first-order valence-electron chi connectivity index (χ1n) is 4.52. The Morgan fingerprint density at radius 2 is 2.38 bits per heavy atom. The van der Waals surface area contributed by atoms with E-state index < -0.39 is 0 Å². The SMILES string of the molecule is [N-]=[N+]=NCCC#Cc1ccc(Cl)cc1C=O. The van der Waals surface area contributed by atoms with Crippen LogP contribution in [0.5, 0.6) is 0 Å². The van der Waals surface area contributed by atoms with Crippen molar-refractivity contribution in [3.05, 3.63) is 44.8 Å². The third kappa shape index (κ3) is 3.66. The Hall–Kier alpha value is -1.95. The molecule has 0 saturated heterocycles. The van der Waals surface area contributed by atoms with Gasteiger partial charge in [-0.15, -0.1) is 0 Å². The predicted molar refractivity (Wildman–Crippen MR) is 62.3 cm³/mol. The summed E-state index contributed by atoms with van der Waals surface area (Å²) in [5.41, 5.74) is 9.13. The number of azide groups is 1. The van der Waals surface area contributed by atoms with Gasteiger partial charge in [-0.2, -0.15) is 0 Å². The molecule has 0 heterocycles. The Labute approximate surface area is 97.9 Å². The summed E-state index contributed by atoms with van der Waals surface area (Å²) in [6, 6.07) is 4.92. The molecule has 0 fully saturated rings. The number of halogens is 1. The fourth-order valence-electron chi connectivity index (χ4n) is 1.05. The van der Waals surface area contributed by atoms with Gasteiger partial charge in [-0.25, -0.2) is 0 Å². The van der Waals surface area contributed by atoms with Crippen molar-refractivity contribution in [2.45, 2.75) is 6.42 Å². The second-order valence-electron chi connectivity index (χ2n) is 2.86. The van der Waals surface area contributed by atoms with Crippen LogP contribution >= 0.6 is 11.6 Å². The molecular weight excluding hydrogens is 226 g/mol. The third-order valence-corrected chi connectivity index (χ3v) is 2.00. The molecule has 5 heteroatoms. The van der Waals surface area contributed by atoms with Crippen LogP contribution in [0.3, 0.4) is 0 Å². The van der Waals surface area contributed by atoms with E-state index in [0.717, 1.165) is 0 Å². The maximum absolute atomic E-state index is 10.7. The fourth-order valence-corrected chi connectivity index (χ4v) is 1.23. The van der Waals surface area contributed by atoms with E-state index in [1.807, 2.05) is 0 Å². The average molecular weight is 234 g/mol. The average Bonchev–Trinajstić information content (AvgIpc) is 2.30. The van der Waals surface area contributed by atoms with Gasteiger partial charge in [0.2, 0.25) is 0 Å². The van der Waals surface area contributed by atoms with Gasteiger partial charge < -0.3 is 0 Å². The second kappa shape index (κ2) is 6.52. The van der Waals surface area contributed by atoms with Gasteiger partial charge in [0.25, 0.3) is 0 Å². The van der Waals surface area contributed by atoms with E-state index in [0.29, 0.717) is 35.4 Å². The zero-order valence-corrected chi connectivity index (χ0v) is 9.11. The number of aldehydes is 1. The highest BCUT2D eigenvalue weighted by atomic mass is 35.5. The maximum atomic E-state index is 10.7. The van der Waals surface area contributed by atoms with Crippen LogP contribution in [0, 0.1) is 11.8 Å². The van der Waals surface area contributed by atoms with Crippen molar-refractivity contribution < 1.29 is 4.79 Å². The van der Waals surface area contributed by atoms with Crippen LogP contribution in [-0.4, -0.2) is 12.8 Å². The topological polar surface area (TPSA) is 65.8 Å². The lowest BCUT2D eigenvalue weighted by atomic mass is 10.1. The fraction of sp³-hybridized carbons (Fsp3) is 0.182. The molecule has 0 spiro atoms. The van der Waals surface area contributed by atoms with Crippen molar-refractivity contribution in [3.8, 4) is 11.8 Å². The quantitative estimate of drug-likeness (QED) is 0.197. The van der Waals surface area contributed by atoms with Crippen LogP contribution in [0.15, 0.2) is 23.3 Å². The minimum atomic E-state index is 0.327. The van der Waals surface area contributed by atoms with Gasteiger partial charge in [-0.3, -0.25) is 4.79 Å². The molecule has 0 aliphatic heterocycles. The number of rotatable bonds is 3. The van der Waals surface area contributed by atoms with Crippen LogP contribution < -0.4 is 0 Å². The summed E-state index contributed by atoms with van der Waals surface area (Å²) in [7, 11) is 0. The van der Waals surface area contributed by atoms with Crippen molar-refractivity contribution in [1.82, 2.24) is 0 Å². The third-order valence-electron chi connectivity index (χ3n) is 1.76. The smallest absolute Gasteiger partial charge is 0.151 e. The number of hydrogen-bond acceptors (Lipinski definition) is 2. The number of nitrogens with zero attached hydrogens (tertiary/aromatic N) is 3. The lowest BCUT2D eigenvalue weighted by Crippen LogP contribution is -1.86. The summed E-state index contributed by atoms with van der Waals surface area (Å²) >= 11 is 5.74. The summed E-state index contributed by atoms with van der Waals surface area (Å²) in [5, 5.41) is 3.85. The van der Waals surface area contributed by atoms with Gasteiger partial charge >= 0.3 is 0 Å². The molecule has 1 rings (SSSR count).